The van der Waals surface area contributed by atoms with Gasteiger partial charge < -0.3 is 10.2 Å². The molecule has 1 aromatic rings. The summed E-state index contributed by atoms with van der Waals surface area (Å²) in [5.41, 5.74) is -0.231. The first-order valence-electron chi connectivity index (χ1n) is 3.49. The van der Waals surface area contributed by atoms with Crippen molar-refractivity contribution in [3.8, 4) is 0 Å². The molecule has 1 atom stereocenters. The predicted molar refractivity (Wildman–Crippen MR) is 59.4 cm³/mol. The summed E-state index contributed by atoms with van der Waals surface area (Å²) in [5, 5.41) is 17.6. The second-order valence-electron chi connectivity index (χ2n) is 2.51. The maximum absolute atomic E-state index is 13.4. The molecule has 2 N–H and O–H groups in total. The van der Waals surface area contributed by atoms with Gasteiger partial charge in [-0.25, -0.2) is 9.18 Å². The Morgan fingerprint density at radius 1 is 1.57 bits per heavy atom. The molecule has 0 saturated carbocycles. The van der Waals surface area contributed by atoms with Gasteiger partial charge in [-0.2, -0.15) is 0 Å². The van der Waals surface area contributed by atoms with Crippen molar-refractivity contribution in [3.05, 3.63) is 31.6 Å². The molecular weight excluding hydrogens is 370 g/mol. The van der Waals surface area contributed by atoms with Crippen molar-refractivity contribution < 1.29 is 19.4 Å². The van der Waals surface area contributed by atoms with Crippen molar-refractivity contribution in [2.24, 2.45) is 0 Å². The first-order chi connectivity index (χ1) is 6.45. The molecule has 76 valence electrons. The van der Waals surface area contributed by atoms with Crippen LogP contribution in [0.15, 0.2) is 16.6 Å². The summed E-state index contributed by atoms with van der Waals surface area (Å²) in [4.78, 5) is 10.4. The van der Waals surface area contributed by atoms with E-state index in [9.17, 15) is 9.18 Å². The van der Waals surface area contributed by atoms with E-state index < -0.39 is 17.9 Å². The number of benzene rings is 1. The van der Waals surface area contributed by atoms with Gasteiger partial charge >= 0.3 is 5.97 Å². The zero-order valence-electron chi connectivity index (χ0n) is 6.67. The van der Waals surface area contributed by atoms with Gasteiger partial charge in [0.1, 0.15) is 5.82 Å². The smallest absolute Gasteiger partial charge is 0.337 e. The summed E-state index contributed by atoms with van der Waals surface area (Å²) < 4.78 is 14.2. The van der Waals surface area contributed by atoms with Gasteiger partial charge in [-0.3, -0.25) is 0 Å². The van der Waals surface area contributed by atoms with Crippen LogP contribution in [0, 0.1) is 9.39 Å². The molecule has 1 unspecified atom stereocenters. The van der Waals surface area contributed by atoms with Crippen molar-refractivity contribution in [1.82, 2.24) is 0 Å². The SMILES string of the molecule is O=C(O)C(O)c1ccc(Br)c(I)c1F. The Balaban J connectivity index is 3.24. The Bertz CT molecular complexity index is 383. The van der Waals surface area contributed by atoms with Crippen LogP contribution in [0.5, 0.6) is 0 Å². The second kappa shape index (κ2) is 4.54. The third-order valence-electron chi connectivity index (χ3n) is 1.59. The van der Waals surface area contributed by atoms with Crippen molar-refractivity contribution in [1.29, 1.82) is 0 Å². The van der Waals surface area contributed by atoms with E-state index in [2.05, 4.69) is 15.9 Å². The number of rotatable bonds is 2. The summed E-state index contributed by atoms with van der Waals surface area (Å²) in [6.07, 6.45) is -1.82. The number of aliphatic carboxylic acids is 1. The zero-order chi connectivity index (χ0) is 10.9. The molecule has 0 aromatic heterocycles. The highest BCUT2D eigenvalue weighted by Crippen LogP contribution is 2.27. The highest BCUT2D eigenvalue weighted by atomic mass is 127. The molecule has 14 heavy (non-hydrogen) atoms. The minimum absolute atomic E-state index is 0.231. The summed E-state index contributed by atoms with van der Waals surface area (Å²) in [6.45, 7) is 0. The lowest BCUT2D eigenvalue weighted by Crippen LogP contribution is -2.12. The first-order valence-corrected chi connectivity index (χ1v) is 5.36. The van der Waals surface area contributed by atoms with E-state index in [1.165, 1.54) is 12.1 Å². The molecule has 0 aliphatic heterocycles. The van der Waals surface area contributed by atoms with E-state index in [0.717, 1.165) is 0 Å². The van der Waals surface area contributed by atoms with Crippen molar-refractivity contribution in [2.75, 3.05) is 0 Å². The van der Waals surface area contributed by atoms with Crippen LogP contribution >= 0.6 is 38.5 Å². The molecule has 0 radical (unpaired) electrons. The normalized spacial score (nSPS) is 12.6. The monoisotopic (exact) mass is 374 g/mol. The summed E-state index contributed by atoms with van der Waals surface area (Å²) in [6, 6.07) is 2.73. The molecule has 0 saturated heterocycles. The lowest BCUT2D eigenvalue weighted by atomic mass is 10.1. The van der Waals surface area contributed by atoms with Crippen LogP contribution in [0.3, 0.4) is 0 Å². The summed E-state index contributed by atoms with van der Waals surface area (Å²) in [5.74, 6) is -2.18. The molecule has 0 aliphatic carbocycles. The predicted octanol–water partition coefficient (Wildman–Crippen LogP) is 2.31. The molecule has 0 amide bonds. The molecule has 0 heterocycles. The number of aliphatic hydroxyl groups excluding tert-OH is 1. The molecule has 0 aliphatic rings. The Morgan fingerprint density at radius 2 is 2.14 bits per heavy atom. The van der Waals surface area contributed by atoms with Crippen molar-refractivity contribution in [3.63, 3.8) is 0 Å². The van der Waals surface area contributed by atoms with Gasteiger partial charge in [-0.15, -0.1) is 0 Å². The molecule has 0 bridgehead atoms. The van der Waals surface area contributed by atoms with Gasteiger partial charge in [0, 0.05) is 10.0 Å². The number of hydrogen-bond donors (Lipinski definition) is 2. The standard InChI is InChI=1S/C8H5BrFIO3/c9-4-2-1-3(5(10)6(4)11)7(12)8(13)14/h1-2,7,12H,(H,13,14). The number of carbonyl (C=O) groups is 1. The third-order valence-corrected chi connectivity index (χ3v) is 4.05. The Morgan fingerprint density at radius 3 is 2.64 bits per heavy atom. The third kappa shape index (κ3) is 2.23. The van der Waals surface area contributed by atoms with Crippen LogP contribution in [0.25, 0.3) is 0 Å². The lowest BCUT2D eigenvalue weighted by molar-refractivity contribution is -0.147. The van der Waals surface area contributed by atoms with Crippen LogP contribution < -0.4 is 0 Å². The molecule has 3 nitrogen and oxygen atoms in total. The Hall–Kier alpha value is -0.210. The quantitative estimate of drug-likeness (QED) is 0.617. The topological polar surface area (TPSA) is 57.5 Å². The average Bonchev–Trinajstić information content (AvgIpc) is 2.13. The van der Waals surface area contributed by atoms with Crippen LogP contribution in [0.4, 0.5) is 4.39 Å². The molecule has 1 rings (SSSR count). The van der Waals surface area contributed by atoms with Crippen LogP contribution in [-0.2, 0) is 4.79 Å². The maximum atomic E-state index is 13.4. The zero-order valence-corrected chi connectivity index (χ0v) is 10.4. The van der Waals surface area contributed by atoms with Crippen LogP contribution in [0.2, 0.25) is 0 Å². The van der Waals surface area contributed by atoms with Gasteiger partial charge in [-0.05, 0) is 44.6 Å². The van der Waals surface area contributed by atoms with Gasteiger partial charge in [0.15, 0.2) is 6.10 Å². The fraction of sp³-hybridized carbons (Fsp3) is 0.125. The molecule has 1 aromatic carbocycles. The van der Waals surface area contributed by atoms with Crippen molar-refractivity contribution >= 4 is 44.5 Å². The fourth-order valence-corrected chi connectivity index (χ4v) is 1.68. The lowest BCUT2D eigenvalue weighted by Gasteiger charge is -2.08. The van der Waals surface area contributed by atoms with E-state index in [1.807, 2.05) is 0 Å². The molecule has 6 heteroatoms. The van der Waals surface area contributed by atoms with E-state index in [1.54, 1.807) is 22.6 Å². The van der Waals surface area contributed by atoms with Crippen LogP contribution in [-0.4, -0.2) is 16.2 Å². The van der Waals surface area contributed by atoms with E-state index >= 15 is 0 Å². The summed E-state index contributed by atoms with van der Waals surface area (Å²) >= 11 is 4.82. The van der Waals surface area contributed by atoms with Crippen molar-refractivity contribution in [2.45, 2.75) is 6.10 Å². The molecule has 0 fully saturated rings. The number of halogens is 3. The van der Waals surface area contributed by atoms with E-state index in [4.69, 9.17) is 10.2 Å². The number of aliphatic hydroxyl groups is 1. The van der Waals surface area contributed by atoms with Gasteiger partial charge in [-0.1, -0.05) is 6.07 Å². The Labute approximate surface area is 101 Å². The highest BCUT2D eigenvalue weighted by Gasteiger charge is 2.22. The van der Waals surface area contributed by atoms with E-state index in [-0.39, 0.29) is 9.13 Å². The van der Waals surface area contributed by atoms with Gasteiger partial charge in [0.05, 0.1) is 3.57 Å². The summed E-state index contributed by atoms with van der Waals surface area (Å²) in [7, 11) is 0. The second-order valence-corrected chi connectivity index (χ2v) is 4.44. The molecule has 0 spiro atoms. The van der Waals surface area contributed by atoms with Crippen LogP contribution in [0.1, 0.15) is 11.7 Å². The maximum Gasteiger partial charge on any atom is 0.337 e. The number of carboxylic acid groups (broad SMARTS) is 1. The first kappa shape index (κ1) is 11.9. The average molecular weight is 375 g/mol. The minimum atomic E-state index is -1.82. The number of carboxylic acids is 1. The molecular formula is C8H5BrFIO3. The van der Waals surface area contributed by atoms with E-state index in [0.29, 0.717) is 4.47 Å². The number of hydrogen-bond acceptors (Lipinski definition) is 2. The van der Waals surface area contributed by atoms with Gasteiger partial charge in [0.2, 0.25) is 0 Å². The minimum Gasteiger partial charge on any atom is -0.479 e. The Kier molecular flexibility index (Phi) is 3.85. The van der Waals surface area contributed by atoms with Gasteiger partial charge in [0.25, 0.3) is 0 Å². The largest absolute Gasteiger partial charge is 0.479 e. The highest BCUT2D eigenvalue weighted by molar-refractivity contribution is 14.1. The fourth-order valence-electron chi connectivity index (χ4n) is 0.885.